The number of sulfonamides is 1. The summed E-state index contributed by atoms with van der Waals surface area (Å²) in [5.41, 5.74) is 0.711. The lowest BCUT2D eigenvalue weighted by molar-refractivity contribution is 0.0687. The average molecular weight is 288 g/mol. The quantitative estimate of drug-likeness (QED) is 0.759. The maximum absolute atomic E-state index is 12.0. The Hall–Kier alpha value is -1.43. The lowest BCUT2D eigenvalue weighted by atomic mass is 10.2. The molecule has 0 aliphatic carbocycles. The minimum atomic E-state index is -3.90. The monoisotopic (exact) mass is 288 g/mol. The summed E-state index contributed by atoms with van der Waals surface area (Å²) in [6.45, 7) is 1.79. The van der Waals surface area contributed by atoms with Crippen molar-refractivity contribution in [2.24, 2.45) is 0 Å². The van der Waals surface area contributed by atoms with Gasteiger partial charge in [0.15, 0.2) is 9.90 Å². The predicted molar refractivity (Wildman–Crippen MR) is 66.9 cm³/mol. The first-order chi connectivity index (χ1) is 8.42. The topological polar surface area (TPSA) is 96.4 Å². The van der Waals surface area contributed by atoms with Crippen molar-refractivity contribution in [1.29, 1.82) is 0 Å². The number of hydrogen-bond donors (Lipinski definition) is 2. The third kappa shape index (κ3) is 3.29. The number of aromatic nitrogens is 1. The van der Waals surface area contributed by atoms with Crippen LogP contribution in [0.25, 0.3) is 0 Å². The molecule has 0 amide bonds. The molecule has 1 rings (SSSR count). The summed E-state index contributed by atoms with van der Waals surface area (Å²) in [5.74, 6) is 0.995. The van der Waals surface area contributed by atoms with Crippen molar-refractivity contribution in [1.82, 2.24) is 9.71 Å². The highest BCUT2D eigenvalue weighted by molar-refractivity contribution is 7.91. The molecular formula is C10H12N2O4S2. The molecule has 1 aromatic rings. The van der Waals surface area contributed by atoms with E-state index < -0.39 is 27.7 Å². The number of carbonyl (C=O) groups is 1. The van der Waals surface area contributed by atoms with E-state index in [-0.39, 0.29) is 10.6 Å². The van der Waals surface area contributed by atoms with Gasteiger partial charge in [0.2, 0.25) is 0 Å². The fraction of sp³-hybridized carbons (Fsp3) is 0.400. The third-order valence-electron chi connectivity index (χ3n) is 2.16. The van der Waals surface area contributed by atoms with Gasteiger partial charge in [-0.25, -0.2) is 22.9 Å². The summed E-state index contributed by atoms with van der Waals surface area (Å²) in [6, 6.07) is -0.413. The van der Waals surface area contributed by atoms with Crippen molar-refractivity contribution >= 4 is 27.3 Å². The maximum atomic E-state index is 12.0. The van der Waals surface area contributed by atoms with Gasteiger partial charge in [-0.3, -0.25) is 0 Å². The molecule has 0 saturated carbocycles. The van der Waals surface area contributed by atoms with Gasteiger partial charge in [0.1, 0.15) is 0 Å². The van der Waals surface area contributed by atoms with Crippen molar-refractivity contribution < 1.29 is 18.3 Å². The Labute approximate surface area is 109 Å². The highest BCUT2D eigenvalue weighted by Crippen LogP contribution is 2.20. The number of thiazole rings is 1. The second kappa shape index (κ2) is 5.95. The minimum Gasteiger partial charge on any atom is -0.476 e. The summed E-state index contributed by atoms with van der Waals surface area (Å²) in [4.78, 5) is 14.4. The molecule has 0 aliphatic rings. The average Bonchev–Trinajstić information content (AvgIpc) is 2.77. The molecule has 0 saturated heterocycles. The van der Waals surface area contributed by atoms with Gasteiger partial charge in [-0.05, 0) is 6.42 Å². The molecular weight excluding hydrogens is 276 g/mol. The van der Waals surface area contributed by atoms with E-state index in [0.29, 0.717) is 6.42 Å². The van der Waals surface area contributed by atoms with Crippen LogP contribution < -0.4 is 4.72 Å². The summed E-state index contributed by atoms with van der Waals surface area (Å²) in [5, 5.41) is 8.83. The SMILES string of the molecule is C#CCC(CC)NS(=O)(=O)c1scnc1C(=O)O. The van der Waals surface area contributed by atoms with Crippen molar-refractivity contribution in [3.8, 4) is 12.3 Å². The van der Waals surface area contributed by atoms with Gasteiger partial charge in [0.25, 0.3) is 10.0 Å². The van der Waals surface area contributed by atoms with Crippen LogP contribution in [0, 0.1) is 12.3 Å². The van der Waals surface area contributed by atoms with Crippen molar-refractivity contribution in [2.75, 3.05) is 0 Å². The minimum absolute atomic E-state index is 0.247. The van der Waals surface area contributed by atoms with E-state index in [9.17, 15) is 13.2 Å². The van der Waals surface area contributed by atoms with Crippen molar-refractivity contribution in [3.63, 3.8) is 0 Å². The van der Waals surface area contributed by atoms with Crippen LogP contribution in [-0.4, -0.2) is 30.5 Å². The lowest BCUT2D eigenvalue weighted by Gasteiger charge is -2.13. The van der Waals surface area contributed by atoms with E-state index in [0.717, 1.165) is 11.3 Å². The second-order valence-electron chi connectivity index (χ2n) is 3.43. The first-order valence-corrected chi connectivity index (χ1v) is 7.41. The van der Waals surface area contributed by atoms with Crippen LogP contribution in [0.3, 0.4) is 0 Å². The van der Waals surface area contributed by atoms with Crippen LogP contribution in [0.15, 0.2) is 9.72 Å². The number of aromatic carboxylic acids is 1. The van der Waals surface area contributed by atoms with Gasteiger partial charge < -0.3 is 5.11 Å². The van der Waals surface area contributed by atoms with E-state index in [4.69, 9.17) is 11.5 Å². The number of carboxylic acids is 1. The van der Waals surface area contributed by atoms with E-state index >= 15 is 0 Å². The molecule has 0 spiro atoms. The molecule has 1 atom stereocenters. The highest BCUT2D eigenvalue weighted by atomic mass is 32.2. The normalized spacial score (nSPS) is 12.9. The van der Waals surface area contributed by atoms with Gasteiger partial charge in [-0.2, -0.15) is 0 Å². The molecule has 1 aromatic heterocycles. The summed E-state index contributed by atoms with van der Waals surface area (Å²) in [6.07, 6.45) is 5.90. The Kier molecular flexibility index (Phi) is 4.84. The molecule has 0 aromatic carbocycles. The zero-order valence-electron chi connectivity index (χ0n) is 9.58. The summed E-state index contributed by atoms with van der Waals surface area (Å²) in [7, 11) is -3.90. The van der Waals surface area contributed by atoms with Crippen LogP contribution in [0.2, 0.25) is 0 Å². The molecule has 18 heavy (non-hydrogen) atoms. The Bertz CT molecular complexity index is 571. The van der Waals surface area contributed by atoms with Crippen LogP contribution in [0.4, 0.5) is 0 Å². The fourth-order valence-corrected chi connectivity index (χ4v) is 3.73. The fourth-order valence-electron chi connectivity index (χ4n) is 1.25. The molecule has 2 N–H and O–H groups in total. The molecule has 0 bridgehead atoms. The molecule has 0 fully saturated rings. The van der Waals surface area contributed by atoms with Crippen molar-refractivity contribution in [2.45, 2.75) is 30.0 Å². The standard InChI is InChI=1S/C10H12N2O4S2/c1-3-5-7(4-2)12-18(15,16)10-8(9(13)14)11-6-17-10/h1,6-7,12H,4-5H2,2H3,(H,13,14). The largest absolute Gasteiger partial charge is 0.476 e. The third-order valence-corrected chi connectivity index (χ3v) is 5.05. The zero-order valence-corrected chi connectivity index (χ0v) is 11.2. The zero-order chi connectivity index (χ0) is 13.8. The number of nitrogens with zero attached hydrogens (tertiary/aromatic N) is 1. The number of hydrogen-bond acceptors (Lipinski definition) is 5. The molecule has 6 nitrogen and oxygen atoms in total. The molecule has 0 aliphatic heterocycles. The van der Waals surface area contributed by atoms with Crippen LogP contribution >= 0.6 is 11.3 Å². The Morgan fingerprint density at radius 1 is 1.72 bits per heavy atom. The van der Waals surface area contributed by atoms with Gasteiger partial charge in [-0.1, -0.05) is 6.92 Å². The predicted octanol–water partition coefficient (Wildman–Crippen LogP) is 0.921. The number of terminal acetylenes is 1. The second-order valence-corrected chi connectivity index (χ2v) is 6.19. The smallest absolute Gasteiger partial charge is 0.356 e. The molecule has 98 valence electrons. The van der Waals surface area contributed by atoms with Gasteiger partial charge in [0, 0.05) is 12.5 Å². The van der Waals surface area contributed by atoms with E-state index in [1.807, 2.05) is 0 Å². The summed E-state index contributed by atoms with van der Waals surface area (Å²) < 4.78 is 26.1. The highest BCUT2D eigenvalue weighted by Gasteiger charge is 2.27. The molecule has 8 heteroatoms. The van der Waals surface area contributed by atoms with Gasteiger partial charge in [0.05, 0.1) is 5.51 Å². The molecule has 1 heterocycles. The maximum Gasteiger partial charge on any atom is 0.356 e. The first-order valence-electron chi connectivity index (χ1n) is 5.05. The van der Waals surface area contributed by atoms with E-state index in [1.165, 1.54) is 5.51 Å². The number of nitrogens with one attached hydrogen (secondary N) is 1. The molecule has 1 unspecified atom stereocenters. The number of carboxylic acid groups (broad SMARTS) is 1. The summed E-state index contributed by atoms with van der Waals surface area (Å²) >= 11 is 0.761. The van der Waals surface area contributed by atoms with E-state index in [1.54, 1.807) is 6.92 Å². The molecule has 0 radical (unpaired) electrons. The number of rotatable bonds is 6. The van der Waals surface area contributed by atoms with E-state index in [2.05, 4.69) is 15.6 Å². The van der Waals surface area contributed by atoms with Gasteiger partial charge in [-0.15, -0.1) is 23.7 Å². The van der Waals surface area contributed by atoms with Crippen molar-refractivity contribution in [3.05, 3.63) is 11.2 Å². The Morgan fingerprint density at radius 3 is 2.89 bits per heavy atom. The van der Waals surface area contributed by atoms with Gasteiger partial charge >= 0.3 is 5.97 Å². The Morgan fingerprint density at radius 2 is 2.39 bits per heavy atom. The lowest BCUT2D eigenvalue weighted by Crippen LogP contribution is -2.34. The van der Waals surface area contributed by atoms with Crippen LogP contribution in [-0.2, 0) is 10.0 Å². The first kappa shape index (κ1) is 14.6. The van der Waals surface area contributed by atoms with Crippen LogP contribution in [0.1, 0.15) is 30.3 Å². The Balaban J connectivity index is 3.03. The van der Waals surface area contributed by atoms with Crippen LogP contribution in [0.5, 0.6) is 0 Å².